The summed E-state index contributed by atoms with van der Waals surface area (Å²) in [4.78, 5) is 30.6. The Hall–Kier alpha value is -2.65. The molecule has 30 heavy (non-hydrogen) atoms. The van der Waals surface area contributed by atoms with Crippen LogP contribution in [0.15, 0.2) is 22.7 Å². The van der Waals surface area contributed by atoms with E-state index in [2.05, 4.69) is 15.5 Å². The molecule has 2 heterocycles. The lowest BCUT2D eigenvalue weighted by Gasteiger charge is -2.39. The molecule has 9 nitrogen and oxygen atoms in total. The molecule has 2 amide bonds. The number of aromatic nitrogens is 2. The zero-order valence-electron chi connectivity index (χ0n) is 17.5. The normalized spacial score (nSPS) is 17.9. The zero-order valence-corrected chi connectivity index (χ0v) is 18.4. The second kappa shape index (κ2) is 9.90. The largest absolute Gasteiger partial charge is 0.447 e. The molecule has 1 aromatic heterocycles. The standard InChI is InChI=1S/C20H27N5O4.ClH/c1-11(2)28-20(27)22-16-9-12(3)25(13(4)26)17-6-5-14(10-15(16)17)19-23-18(7-8-21)24-29-19;/h5-6,10-12,16H,7-9,21H2,1-4H3,(H,22,27);1H/t12-,16+;/m0./s1. The first-order chi connectivity index (χ1) is 13.8. The first-order valence-electron chi connectivity index (χ1n) is 9.74. The van der Waals surface area contributed by atoms with Gasteiger partial charge >= 0.3 is 6.09 Å². The van der Waals surface area contributed by atoms with Crippen LogP contribution >= 0.6 is 12.4 Å². The number of carbonyl (C=O) groups excluding carboxylic acids is 2. The number of benzene rings is 1. The highest BCUT2D eigenvalue weighted by Gasteiger charge is 2.34. The minimum atomic E-state index is -0.493. The van der Waals surface area contributed by atoms with E-state index in [1.165, 1.54) is 6.92 Å². The molecule has 1 aliphatic heterocycles. The molecule has 10 heteroatoms. The summed E-state index contributed by atoms with van der Waals surface area (Å²) in [6, 6.07) is 5.16. The maximum Gasteiger partial charge on any atom is 0.407 e. The van der Waals surface area contributed by atoms with Gasteiger partial charge in [-0.2, -0.15) is 4.98 Å². The molecule has 0 unspecified atom stereocenters. The van der Waals surface area contributed by atoms with Crippen LogP contribution in [0.4, 0.5) is 10.5 Å². The van der Waals surface area contributed by atoms with Crippen LogP contribution in [-0.2, 0) is 16.0 Å². The maximum absolute atomic E-state index is 12.2. The number of halogens is 1. The monoisotopic (exact) mass is 437 g/mol. The summed E-state index contributed by atoms with van der Waals surface area (Å²) < 4.78 is 10.6. The van der Waals surface area contributed by atoms with Gasteiger partial charge < -0.3 is 25.2 Å². The van der Waals surface area contributed by atoms with Crippen molar-refractivity contribution in [2.24, 2.45) is 5.73 Å². The van der Waals surface area contributed by atoms with Crippen LogP contribution in [0.25, 0.3) is 11.5 Å². The molecule has 0 spiro atoms. The molecule has 164 valence electrons. The zero-order chi connectivity index (χ0) is 21.1. The van der Waals surface area contributed by atoms with E-state index in [1.807, 2.05) is 25.1 Å². The van der Waals surface area contributed by atoms with Crippen molar-refractivity contribution in [3.63, 3.8) is 0 Å². The second-order valence-corrected chi connectivity index (χ2v) is 7.45. The Labute approximate surface area is 181 Å². The number of carbonyl (C=O) groups is 2. The van der Waals surface area contributed by atoms with Crippen LogP contribution in [0.5, 0.6) is 0 Å². The Balaban J connectivity index is 0.00000320. The van der Waals surface area contributed by atoms with E-state index < -0.39 is 6.09 Å². The van der Waals surface area contributed by atoms with Gasteiger partial charge in [-0.1, -0.05) is 5.16 Å². The van der Waals surface area contributed by atoms with Gasteiger partial charge in [0.2, 0.25) is 5.91 Å². The number of alkyl carbamates (subject to hydrolysis) is 1. The van der Waals surface area contributed by atoms with Gasteiger partial charge in [0.25, 0.3) is 5.89 Å². The summed E-state index contributed by atoms with van der Waals surface area (Å²) in [6.07, 6.45) is 0.364. The predicted octanol–water partition coefficient (Wildman–Crippen LogP) is 2.98. The first-order valence-corrected chi connectivity index (χ1v) is 9.74. The number of hydrogen-bond donors (Lipinski definition) is 2. The number of nitrogens with two attached hydrogens (primary N) is 1. The van der Waals surface area contributed by atoms with E-state index in [0.717, 1.165) is 11.3 Å². The number of rotatable bonds is 5. The molecule has 0 bridgehead atoms. The third kappa shape index (κ3) is 5.09. The summed E-state index contributed by atoms with van der Waals surface area (Å²) in [7, 11) is 0. The summed E-state index contributed by atoms with van der Waals surface area (Å²) in [6.45, 7) is 7.50. The molecule has 3 rings (SSSR count). The Morgan fingerprint density at radius 3 is 2.77 bits per heavy atom. The Bertz CT molecular complexity index is 901. The van der Waals surface area contributed by atoms with Gasteiger partial charge in [-0.25, -0.2) is 4.79 Å². The minimum absolute atomic E-state index is 0. The van der Waals surface area contributed by atoms with Crippen molar-refractivity contribution in [1.82, 2.24) is 15.5 Å². The molecule has 2 atom stereocenters. The van der Waals surface area contributed by atoms with Crippen molar-refractivity contribution in [2.45, 2.75) is 58.7 Å². The van der Waals surface area contributed by atoms with Gasteiger partial charge in [-0.3, -0.25) is 4.79 Å². The fraction of sp³-hybridized carbons (Fsp3) is 0.500. The summed E-state index contributed by atoms with van der Waals surface area (Å²) in [5, 5.41) is 6.85. The Morgan fingerprint density at radius 1 is 1.40 bits per heavy atom. The predicted molar refractivity (Wildman–Crippen MR) is 114 cm³/mol. The third-order valence-electron chi connectivity index (χ3n) is 4.74. The van der Waals surface area contributed by atoms with E-state index in [0.29, 0.717) is 36.7 Å². The summed E-state index contributed by atoms with van der Waals surface area (Å²) in [5.41, 5.74) is 7.80. The average Bonchev–Trinajstić information content (AvgIpc) is 3.09. The lowest BCUT2D eigenvalue weighted by atomic mass is 9.90. The average molecular weight is 438 g/mol. The molecule has 0 saturated carbocycles. The SMILES string of the molecule is CC(=O)N1c2ccc(-c3nc(CCN)no3)cc2[C@H](NC(=O)OC(C)C)C[C@@H]1C.Cl. The molecule has 0 fully saturated rings. The highest BCUT2D eigenvalue weighted by atomic mass is 35.5. The number of hydrogen-bond acceptors (Lipinski definition) is 7. The molecular formula is C20H28ClN5O4. The van der Waals surface area contributed by atoms with Crippen molar-refractivity contribution in [1.29, 1.82) is 0 Å². The van der Waals surface area contributed by atoms with Gasteiger partial charge in [0.15, 0.2) is 5.82 Å². The number of nitrogens with one attached hydrogen (secondary N) is 1. The number of nitrogens with zero attached hydrogens (tertiary/aromatic N) is 3. The minimum Gasteiger partial charge on any atom is -0.447 e. The van der Waals surface area contributed by atoms with Crippen molar-refractivity contribution in [3.05, 3.63) is 29.6 Å². The van der Waals surface area contributed by atoms with Crippen molar-refractivity contribution in [2.75, 3.05) is 11.4 Å². The van der Waals surface area contributed by atoms with E-state index in [4.69, 9.17) is 15.0 Å². The number of amides is 2. The first kappa shape index (κ1) is 23.6. The number of ether oxygens (including phenoxy) is 1. The molecule has 0 radical (unpaired) electrons. The summed E-state index contributed by atoms with van der Waals surface area (Å²) in [5.74, 6) is 0.847. The van der Waals surface area contributed by atoms with E-state index >= 15 is 0 Å². The molecule has 1 aromatic carbocycles. The third-order valence-corrected chi connectivity index (χ3v) is 4.74. The van der Waals surface area contributed by atoms with Crippen LogP contribution in [0, 0.1) is 0 Å². The number of anilines is 1. The van der Waals surface area contributed by atoms with Crippen LogP contribution in [0.2, 0.25) is 0 Å². The van der Waals surface area contributed by atoms with Gasteiger partial charge in [0.1, 0.15) is 0 Å². The molecule has 0 saturated heterocycles. The quantitative estimate of drug-likeness (QED) is 0.736. The number of fused-ring (bicyclic) bond motifs is 1. The Morgan fingerprint density at radius 2 is 2.13 bits per heavy atom. The van der Waals surface area contributed by atoms with Gasteiger partial charge in [-0.15, -0.1) is 12.4 Å². The van der Waals surface area contributed by atoms with Crippen molar-refractivity contribution in [3.8, 4) is 11.5 Å². The molecule has 1 aliphatic rings. The molecule has 0 aliphatic carbocycles. The Kier molecular flexibility index (Phi) is 7.80. The van der Waals surface area contributed by atoms with Gasteiger partial charge in [0, 0.05) is 30.6 Å². The maximum atomic E-state index is 12.2. The van der Waals surface area contributed by atoms with E-state index in [1.54, 1.807) is 18.7 Å². The molecular weight excluding hydrogens is 410 g/mol. The highest BCUT2D eigenvalue weighted by molar-refractivity contribution is 5.94. The fourth-order valence-electron chi connectivity index (χ4n) is 3.61. The van der Waals surface area contributed by atoms with E-state index in [9.17, 15) is 9.59 Å². The lowest BCUT2D eigenvalue weighted by Crippen LogP contribution is -2.45. The van der Waals surface area contributed by atoms with Gasteiger partial charge in [0.05, 0.1) is 12.1 Å². The van der Waals surface area contributed by atoms with E-state index in [-0.39, 0.29) is 36.5 Å². The summed E-state index contributed by atoms with van der Waals surface area (Å²) >= 11 is 0. The van der Waals surface area contributed by atoms with Crippen molar-refractivity contribution >= 4 is 30.1 Å². The van der Waals surface area contributed by atoms with Crippen LogP contribution < -0.4 is 16.0 Å². The lowest BCUT2D eigenvalue weighted by molar-refractivity contribution is -0.117. The van der Waals surface area contributed by atoms with Crippen molar-refractivity contribution < 1.29 is 18.8 Å². The topological polar surface area (TPSA) is 124 Å². The smallest absolute Gasteiger partial charge is 0.407 e. The molecule has 3 N–H and O–H groups in total. The second-order valence-electron chi connectivity index (χ2n) is 7.45. The van der Waals surface area contributed by atoms with Crippen LogP contribution in [0.3, 0.4) is 0 Å². The molecule has 2 aromatic rings. The van der Waals surface area contributed by atoms with Crippen LogP contribution in [0.1, 0.15) is 51.5 Å². The highest BCUT2D eigenvalue weighted by Crippen LogP contribution is 2.39. The van der Waals surface area contributed by atoms with Gasteiger partial charge in [-0.05, 0) is 57.5 Å². The van der Waals surface area contributed by atoms with Crippen LogP contribution in [-0.4, -0.2) is 40.8 Å². The fourth-order valence-corrected chi connectivity index (χ4v) is 3.61.